The zero-order valence-corrected chi connectivity index (χ0v) is 13.3. The first-order chi connectivity index (χ1) is 11.3. The summed E-state index contributed by atoms with van der Waals surface area (Å²) in [6, 6.07) is 12.8. The lowest BCUT2D eigenvalue weighted by Crippen LogP contribution is -2.34. The summed E-state index contributed by atoms with van der Waals surface area (Å²) in [7, 11) is -3.99. The van der Waals surface area contributed by atoms with Crippen LogP contribution < -0.4 is 10.0 Å². The van der Waals surface area contributed by atoms with E-state index in [0.29, 0.717) is 5.69 Å². The summed E-state index contributed by atoms with van der Waals surface area (Å²) in [6.45, 7) is -0.126. The van der Waals surface area contributed by atoms with Crippen molar-refractivity contribution < 1.29 is 18.1 Å². The average Bonchev–Trinajstić information content (AvgIpc) is 2.55. The quantitative estimate of drug-likeness (QED) is 0.601. The first-order valence-corrected chi connectivity index (χ1v) is 8.37. The van der Waals surface area contributed by atoms with Gasteiger partial charge < -0.3 is 5.73 Å². The van der Waals surface area contributed by atoms with Crippen LogP contribution in [0.25, 0.3) is 0 Å². The molecule has 0 radical (unpaired) electrons. The Balaban J connectivity index is 2.42. The molecule has 0 aliphatic rings. The van der Waals surface area contributed by atoms with E-state index in [-0.39, 0.29) is 23.5 Å². The molecule has 9 heteroatoms. The average molecular weight is 349 g/mol. The van der Waals surface area contributed by atoms with Crippen LogP contribution in [0.2, 0.25) is 0 Å². The standard InChI is InChI=1S/C15H15N3O5S/c16-15(19)10-11-17(12-4-2-1-3-5-12)24(22,23)14-8-6-13(7-9-14)18(20)21/h1-9H,10-11H2,(H2,16,19). The van der Waals surface area contributed by atoms with Crippen molar-refractivity contribution in [3.8, 4) is 0 Å². The van der Waals surface area contributed by atoms with Gasteiger partial charge in [0.2, 0.25) is 5.91 Å². The molecule has 2 aromatic rings. The van der Waals surface area contributed by atoms with Crippen molar-refractivity contribution >= 4 is 27.3 Å². The van der Waals surface area contributed by atoms with E-state index < -0.39 is 20.9 Å². The minimum absolute atomic E-state index is 0.110. The van der Waals surface area contributed by atoms with E-state index in [1.54, 1.807) is 30.3 Å². The van der Waals surface area contributed by atoms with E-state index in [1.165, 1.54) is 0 Å². The Morgan fingerprint density at radius 3 is 2.17 bits per heavy atom. The van der Waals surface area contributed by atoms with Crippen LogP contribution in [0, 0.1) is 10.1 Å². The fraction of sp³-hybridized carbons (Fsp3) is 0.133. The number of carbonyl (C=O) groups is 1. The molecule has 1 amide bonds. The van der Waals surface area contributed by atoms with Gasteiger partial charge in [-0.05, 0) is 24.3 Å². The summed E-state index contributed by atoms with van der Waals surface area (Å²) in [4.78, 5) is 21.0. The molecule has 8 nitrogen and oxygen atoms in total. The first-order valence-electron chi connectivity index (χ1n) is 6.93. The SMILES string of the molecule is NC(=O)CCN(c1ccccc1)S(=O)(=O)c1ccc([N+](=O)[O-])cc1. The molecule has 0 spiro atoms. The van der Waals surface area contributed by atoms with Gasteiger partial charge in [-0.3, -0.25) is 19.2 Å². The maximum atomic E-state index is 12.8. The summed E-state index contributed by atoms with van der Waals surface area (Å²) < 4.78 is 26.7. The number of nitrogens with two attached hydrogens (primary N) is 1. The van der Waals surface area contributed by atoms with Crippen LogP contribution in [0.5, 0.6) is 0 Å². The second kappa shape index (κ2) is 7.09. The summed E-state index contributed by atoms with van der Waals surface area (Å²) in [5.74, 6) is -0.630. The lowest BCUT2D eigenvalue weighted by Gasteiger charge is -2.24. The van der Waals surface area contributed by atoms with Crippen molar-refractivity contribution in [2.75, 3.05) is 10.8 Å². The van der Waals surface area contributed by atoms with E-state index in [1.807, 2.05) is 0 Å². The van der Waals surface area contributed by atoms with Crippen molar-refractivity contribution in [2.45, 2.75) is 11.3 Å². The van der Waals surface area contributed by atoms with E-state index >= 15 is 0 Å². The molecule has 0 aromatic heterocycles. The summed E-state index contributed by atoms with van der Waals surface area (Å²) in [5, 5.41) is 10.7. The van der Waals surface area contributed by atoms with Crippen LogP contribution in [0.4, 0.5) is 11.4 Å². The number of hydrogen-bond acceptors (Lipinski definition) is 5. The normalized spacial score (nSPS) is 11.0. The van der Waals surface area contributed by atoms with E-state index in [9.17, 15) is 23.3 Å². The van der Waals surface area contributed by atoms with Gasteiger partial charge in [-0.25, -0.2) is 8.42 Å². The van der Waals surface area contributed by atoms with Crippen LogP contribution in [-0.2, 0) is 14.8 Å². The molecule has 0 bridgehead atoms. The second-order valence-electron chi connectivity index (χ2n) is 4.88. The van der Waals surface area contributed by atoms with Crippen LogP contribution in [0.3, 0.4) is 0 Å². The van der Waals surface area contributed by atoms with Crippen molar-refractivity contribution in [3.63, 3.8) is 0 Å². The van der Waals surface area contributed by atoms with E-state index in [0.717, 1.165) is 28.6 Å². The van der Waals surface area contributed by atoms with Crippen molar-refractivity contribution in [3.05, 3.63) is 64.7 Å². The lowest BCUT2D eigenvalue weighted by atomic mass is 10.3. The van der Waals surface area contributed by atoms with Gasteiger partial charge in [0.15, 0.2) is 0 Å². The molecule has 2 N–H and O–H groups in total. The number of amides is 1. The number of nitrogens with zero attached hydrogens (tertiary/aromatic N) is 2. The zero-order chi connectivity index (χ0) is 17.7. The highest BCUT2D eigenvalue weighted by Gasteiger charge is 2.25. The number of benzene rings is 2. The van der Waals surface area contributed by atoms with E-state index in [4.69, 9.17) is 5.73 Å². The molecular formula is C15H15N3O5S. The fourth-order valence-corrected chi connectivity index (χ4v) is 3.53. The monoisotopic (exact) mass is 349 g/mol. The molecule has 0 fully saturated rings. The van der Waals surface area contributed by atoms with Crippen LogP contribution in [0.15, 0.2) is 59.5 Å². The third-order valence-electron chi connectivity index (χ3n) is 3.24. The fourth-order valence-electron chi connectivity index (χ4n) is 2.06. The molecule has 0 saturated heterocycles. The maximum Gasteiger partial charge on any atom is 0.269 e. The number of non-ortho nitro benzene ring substituents is 1. The number of anilines is 1. The highest BCUT2D eigenvalue weighted by Crippen LogP contribution is 2.25. The first kappa shape index (κ1) is 17.4. The molecular weight excluding hydrogens is 334 g/mol. The predicted molar refractivity (Wildman–Crippen MR) is 87.9 cm³/mol. The minimum Gasteiger partial charge on any atom is -0.370 e. The van der Waals surface area contributed by atoms with Gasteiger partial charge >= 0.3 is 0 Å². The Kier molecular flexibility index (Phi) is 5.14. The lowest BCUT2D eigenvalue weighted by molar-refractivity contribution is -0.384. The number of nitro benzene ring substituents is 1. The number of para-hydroxylation sites is 1. The molecule has 0 aliphatic heterocycles. The largest absolute Gasteiger partial charge is 0.370 e. The maximum absolute atomic E-state index is 12.8. The van der Waals surface area contributed by atoms with Gasteiger partial charge in [0.05, 0.1) is 15.5 Å². The van der Waals surface area contributed by atoms with Gasteiger partial charge in [0.25, 0.3) is 15.7 Å². The number of sulfonamides is 1. The summed E-state index contributed by atoms with van der Waals surface area (Å²) in [6.07, 6.45) is -0.152. The Bertz CT molecular complexity index is 835. The highest BCUT2D eigenvalue weighted by molar-refractivity contribution is 7.92. The third kappa shape index (κ3) is 3.87. The molecule has 2 rings (SSSR count). The molecule has 0 heterocycles. The van der Waals surface area contributed by atoms with Gasteiger partial charge in [0.1, 0.15) is 0 Å². The molecule has 24 heavy (non-hydrogen) atoms. The number of primary amides is 1. The van der Waals surface area contributed by atoms with E-state index in [2.05, 4.69) is 0 Å². The number of hydrogen-bond donors (Lipinski definition) is 1. The van der Waals surface area contributed by atoms with Gasteiger partial charge in [-0.1, -0.05) is 18.2 Å². The number of carbonyl (C=O) groups excluding carboxylic acids is 1. The molecule has 0 unspecified atom stereocenters. The molecule has 0 atom stereocenters. The zero-order valence-electron chi connectivity index (χ0n) is 12.5. The minimum atomic E-state index is -3.99. The Morgan fingerprint density at radius 2 is 1.67 bits per heavy atom. The molecule has 0 aliphatic carbocycles. The van der Waals surface area contributed by atoms with Crippen LogP contribution >= 0.6 is 0 Å². The van der Waals surface area contributed by atoms with Gasteiger partial charge in [-0.15, -0.1) is 0 Å². The highest BCUT2D eigenvalue weighted by atomic mass is 32.2. The van der Waals surface area contributed by atoms with Crippen molar-refractivity contribution in [2.24, 2.45) is 5.73 Å². The van der Waals surface area contributed by atoms with Gasteiger partial charge in [0, 0.05) is 25.1 Å². The number of nitro groups is 1. The smallest absolute Gasteiger partial charge is 0.269 e. The van der Waals surface area contributed by atoms with Crippen molar-refractivity contribution in [1.82, 2.24) is 0 Å². The third-order valence-corrected chi connectivity index (χ3v) is 5.08. The number of rotatable bonds is 7. The van der Waals surface area contributed by atoms with Crippen LogP contribution in [-0.4, -0.2) is 25.8 Å². The molecule has 0 saturated carbocycles. The second-order valence-corrected chi connectivity index (χ2v) is 6.74. The van der Waals surface area contributed by atoms with Gasteiger partial charge in [-0.2, -0.15) is 0 Å². The van der Waals surface area contributed by atoms with Crippen molar-refractivity contribution in [1.29, 1.82) is 0 Å². The summed E-state index contributed by atoms with van der Waals surface area (Å²) in [5.41, 5.74) is 5.28. The topological polar surface area (TPSA) is 124 Å². The Morgan fingerprint density at radius 1 is 1.08 bits per heavy atom. The summed E-state index contributed by atoms with van der Waals surface area (Å²) >= 11 is 0. The molecule has 2 aromatic carbocycles. The Labute approximate surface area is 138 Å². The molecule has 126 valence electrons. The van der Waals surface area contributed by atoms with Crippen LogP contribution in [0.1, 0.15) is 6.42 Å². The Hall–Kier alpha value is -2.94. The predicted octanol–water partition coefficient (Wildman–Crippen LogP) is 1.67.